The lowest BCUT2D eigenvalue weighted by Crippen LogP contribution is -2.20. The van der Waals surface area contributed by atoms with Gasteiger partial charge in [0, 0.05) is 0 Å². The van der Waals surface area contributed by atoms with E-state index in [1.165, 1.54) is 90.0 Å². The standard InChI is InChI=1S/C42H30/c1-4-13-27(14-5-1)30-25-31(26-30)32-23-24-37-40-33(32)21-12-22-36(40)41-38(28-15-6-2-7-16-28)34-19-10-11-20-35(34)39(42(37)41)29-17-8-3-9-18-29/h1-24,30-31H,25-26H2. The quantitative estimate of drug-likeness (QED) is 0.211. The van der Waals surface area contributed by atoms with Gasteiger partial charge in [0.2, 0.25) is 0 Å². The highest BCUT2D eigenvalue weighted by atomic mass is 14.4. The molecule has 0 N–H and O–H groups in total. The topological polar surface area (TPSA) is 0 Å². The summed E-state index contributed by atoms with van der Waals surface area (Å²) in [5.41, 5.74) is 13.8. The van der Waals surface area contributed by atoms with Crippen LogP contribution in [0.2, 0.25) is 0 Å². The van der Waals surface area contributed by atoms with Gasteiger partial charge in [-0.15, -0.1) is 0 Å². The molecular formula is C42H30. The zero-order valence-corrected chi connectivity index (χ0v) is 23.4. The monoisotopic (exact) mass is 534 g/mol. The van der Waals surface area contributed by atoms with Gasteiger partial charge < -0.3 is 0 Å². The molecular weight excluding hydrogens is 504 g/mol. The lowest BCUT2D eigenvalue weighted by atomic mass is 9.67. The van der Waals surface area contributed by atoms with Crippen LogP contribution in [0.3, 0.4) is 0 Å². The van der Waals surface area contributed by atoms with Gasteiger partial charge in [0.1, 0.15) is 0 Å². The Balaban J connectivity index is 1.32. The molecule has 0 aromatic heterocycles. The van der Waals surface area contributed by atoms with Crippen LogP contribution >= 0.6 is 0 Å². The summed E-state index contributed by atoms with van der Waals surface area (Å²) in [6, 6.07) is 54.0. The second-order valence-electron chi connectivity index (χ2n) is 12.0. The van der Waals surface area contributed by atoms with Crippen molar-refractivity contribution in [3.63, 3.8) is 0 Å². The molecule has 0 saturated heterocycles. The summed E-state index contributed by atoms with van der Waals surface area (Å²) < 4.78 is 0. The minimum absolute atomic E-state index is 0.601. The third-order valence-corrected chi connectivity index (χ3v) is 9.80. The summed E-state index contributed by atoms with van der Waals surface area (Å²) in [5, 5.41) is 5.49. The SMILES string of the molecule is c1ccc(-c2c3c(c(-c4ccccc4)c4ccccc24)-c2ccc(C4CC(c5ccccc5)C4)c4cccc-3c24)cc1. The molecule has 2 aliphatic carbocycles. The molecule has 0 radical (unpaired) electrons. The van der Waals surface area contributed by atoms with E-state index in [2.05, 4.69) is 146 Å². The summed E-state index contributed by atoms with van der Waals surface area (Å²) in [7, 11) is 0. The number of fused-ring (bicyclic) bond motifs is 4. The molecule has 0 atom stereocenters. The van der Waals surface area contributed by atoms with E-state index in [1.807, 2.05) is 0 Å². The van der Waals surface area contributed by atoms with Crippen LogP contribution in [-0.2, 0) is 0 Å². The fraction of sp³-hybridized carbons (Fsp3) is 0.0952. The first-order valence-electron chi connectivity index (χ1n) is 15.2. The third-order valence-electron chi connectivity index (χ3n) is 9.80. The Bertz CT molecular complexity index is 2020. The number of hydrogen-bond acceptors (Lipinski definition) is 0. The predicted molar refractivity (Wildman–Crippen MR) is 178 cm³/mol. The van der Waals surface area contributed by atoms with Crippen LogP contribution in [0.5, 0.6) is 0 Å². The van der Waals surface area contributed by atoms with Crippen molar-refractivity contribution in [3.8, 4) is 44.5 Å². The van der Waals surface area contributed by atoms with E-state index >= 15 is 0 Å². The van der Waals surface area contributed by atoms with Gasteiger partial charge in [-0.25, -0.2) is 0 Å². The highest BCUT2D eigenvalue weighted by Gasteiger charge is 2.35. The zero-order valence-electron chi connectivity index (χ0n) is 23.4. The third kappa shape index (κ3) is 3.42. The van der Waals surface area contributed by atoms with Crippen molar-refractivity contribution in [2.24, 2.45) is 0 Å². The Morgan fingerprint density at radius 3 is 1.45 bits per heavy atom. The van der Waals surface area contributed by atoms with Crippen LogP contribution < -0.4 is 0 Å². The molecule has 9 rings (SSSR count). The molecule has 2 aliphatic rings. The Labute approximate surface area is 246 Å². The van der Waals surface area contributed by atoms with Gasteiger partial charge in [0.25, 0.3) is 0 Å². The Kier molecular flexibility index (Phi) is 5.25. The van der Waals surface area contributed by atoms with Gasteiger partial charge in [0.05, 0.1) is 0 Å². The van der Waals surface area contributed by atoms with Crippen LogP contribution in [-0.4, -0.2) is 0 Å². The average molecular weight is 535 g/mol. The van der Waals surface area contributed by atoms with E-state index in [0.29, 0.717) is 11.8 Å². The Hall–Kier alpha value is -4.94. The number of benzene rings is 7. The molecule has 7 aromatic rings. The maximum absolute atomic E-state index is 2.45. The largest absolute Gasteiger partial charge is 0.0622 e. The Morgan fingerprint density at radius 1 is 0.357 bits per heavy atom. The minimum atomic E-state index is 0.601. The van der Waals surface area contributed by atoms with Crippen LogP contribution in [0.1, 0.15) is 35.8 Å². The normalized spacial score (nSPS) is 16.9. The van der Waals surface area contributed by atoms with Crippen LogP contribution in [0.25, 0.3) is 66.1 Å². The average Bonchev–Trinajstić information content (AvgIpc) is 3.36. The summed E-state index contributed by atoms with van der Waals surface area (Å²) in [6.45, 7) is 0. The van der Waals surface area contributed by atoms with Crippen LogP contribution in [0, 0.1) is 0 Å². The molecule has 7 aromatic carbocycles. The first-order valence-corrected chi connectivity index (χ1v) is 15.2. The smallest absolute Gasteiger partial charge is 0.000741 e. The molecule has 1 saturated carbocycles. The van der Waals surface area contributed by atoms with E-state index in [0.717, 1.165) is 0 Å². The van der Waals surface area contributed by atoms with Crippen molar-refractivity contribution in [1.82, 2.24) is 0 Å². The van der Waals surface area contributed by atoms with Crippen molar-refractivity contribution in [2.75, 3.05) is 0 Å². The zero-order chi connectivity index (χ0) is 27.6. The van der Waals surface area contributed by atoms with E-state index in [4.69, 9.17) is 0 Å². The molecule has 1 fully saturated rings. The fourth-order valence-electron chi connectivity index (χ4n) is 7.86. The van der Waals surface area contributed by atoms with Gasteiger partial charge in [-0.3, -0.25) is 0 Å². The van der Waals surface area contributed by atoms with Crippen molar-refractivity contribution in [1.29, 1.82) is 0 Å². The lowest BCUT2D eigenvalue weighted by Gasteiger charge is -2.37. The van der Waals surface area contributed by atoms with E-state index in [-0.39, 0.29) is 0 Å². The molecule has 0 unspecified atom stereocenters. The maximum Gasteiger partial charge on any atom is -0.000741 e. The molecule has 198 valence electrons. The Morgan fingerprint density at radius 2 is 0.857 bits per heavy atom. The van der Waals surface area contributed by atoms with Crippen molar-refractivity contribution in [2.45, 2.75) is 24.7 Å². The van der Waals surface area contributed by atoms with Gasteiger partial charge in [-0.2, -0.15) is 0 Å². The molecule has 0 nitrogen and oxygen atoms in total. The van der Waals surface area contributed by atoms with Gasteiger partial charge in [-0.05, 0) is 102 Å². The number of rotatable bonds is 4. The van der Waals surface area contributed by atoms with E-state index in [9.17, 15) is 0 Å². The fourth-order valence-corrected chi connectivity index (χ4v) is 7.86. The molecule has 42 heavy (non-hydrogen) atoms. The maximum atomic E-state index is 2.45. The molecule has 0 heterocycles. The first-order chi connectivity index (χ1) is 20.9. The van der Waals surface area contributed by atoms with E-state index < -0.39 is 0 Å². The molecule has 0 aliphatic heterocycles. The van der Waals surface area contributed by atoms with Gasteiger partial charge in [0.15, 0.2) is 0 Å². The van der Waals surface area contributed by atoms with Crippen LogP contribution in [0.15, 0.2) is 146 Å². The van der Waals surface area contributed by atoms with E-state index in [1.54, 1.807) is 0 Å². The summed E-state index contributed by atoms with van der Waals surface area (Å²) in [5.74, 6) is 1.26. The molecule has 0 heteroatoms. The second kappa shape index (κ2) is 9.29. The highest BCUT2D eigenvalue weighted by molar-refractivity contribution is 6.27. The lowest BCUT2D eigenvalue weighted by molar-refractivity contribution is 0.353. The van der Waals surface area contributed by atoms with Crippen molar-refractivity contribution < 1.29 is 0 Å². The predicted octanol–water partition coefficient (Wildman–Crippen LogP) is 11.6. The van der Waals surface area contributed by atoms with Gasteiger partial charge in [-0.1, -0.05) is 146 Å². The summed E-state index contributed by atoms with van der Waals surface area (Å²) >= 11 is 0. The molecule has 0 spiro atoms. The molecule has 0 bridgehead atoms. The number of hydrogen-bond donors (Lipinski definition) is 0. The highest BCUT2D eigenvalue weighted by Crippen LogP contribution is 2.59. The summed E-state index contributed by atoms with van der Waals surface area (Å²) in [6.07, 6.45) is 2.45. The first kappa shape index (κ1) is 23.7. The van der Waals surface area contributed by atoms with Gasteiger partial charge >= 0.3 is 0 Å². The van der Waals surface area contributed by atoms with Crippen LogP contribution in [0.4, 0.5) is 0 Å². The van der Waals surface area contributed by atoms with Crippen molar-refractivity contribution >= 4 is 21.5 Å². The molecule has 0 amide bonds. The summed E-state index contributed by atoms with van der Waals surface area (Å²) in [4.78, 5) is 0. The second-order valence-corrected chi connectivity index (χ2v) is 12.0. The van der Waals surface area contributed by atoms with Crippen molar-refractivity contribution in [3.05, 3.63) is 157 Å². The minimum Gasteiger partial charge on any atom is -0.0622 e.